The number of rotatable bonds is 11. The van der Waals surface area contributed by atoms with Gasteiger partial charge in [0.05, 0.1) is 12.2 Å². The van der Waals surface area contributed by atoms with E-state index in [0.717, 1.165) is 28.7 Å². The number of allylic oxidation sites excluding steroid dienone is 2. The van der Waals surface area contributed by atoms with Crippen LogP contribution in [0.4, 0.5) is 0 Å². The fourth-order valence-corrected chi connectivity index (χ4v) is 3.64. The van der Waals surface area contributed by atoms with Crippen LogP contribution in [0.3, 0.4) is 0 Å². The second-order valence-electron chi connectivity index (χ2n) is 7.45. The first-order chi connectivity index (χ1) is 16.5. The summed E-state index contributed by atoms with van der Waals surface area (Å²) in [4.78, 5) is 4.56. The number of hydrogen-bond acceptors (Lipinski definition) is 4. The molecule has 0 amide bonds. The Morgan fingerprint density at radius 3 is 2.38 bits per heavy atom. The van der Waals surface area contributed by atoms with Crippen LogP contribution in [0.1, 0.15) is 50.3 Å². The summed E-state index contributed by atoms with van der Waals surface area (Å²) in [7, 11) is -1.41. The standard InChI is InChI=1S/C25H32N2O3S.C3H6/c1-4-26-25(30-18-9-8-17-28)24(23-14-12-20(2)13-15-23)21(3)27-31(29)19-16-22-10-6-5-7-11-22;1-3-2/h5-7,10-16,19,27-28H,4,8-9,17-18H2,1-3H3;3H,1H2,2H3/b19-16+,24-21+,26-25?;. The average molecular weight is 483 g/mol. The van der Waals surface area contributed by atoms with Crippen molar-refractivity contribution in [2.24, 2.45) is 4.99 Å². The number of ether oxygens (including phenoxy) is 1. The molecule has 0 fully saturated rings. The van der Waals surface area contributed by atoms with Crippen LogP contribution in [0.2, 0.25) is 0 Å². The zero-order chi connectivity index (χ0) is 25.2. The Balaban J connectivity index is 0.00000182. The smallest absolute Gasteiger partial charge is 0.218 e. The van der Waals surface area contributed by atoms with E-state index in [1.807, 2.05) is 88.4 Å². The summed E-state index contributed by atoms with van der Waals surface area (Å²) in [5, 5.41) is 10.7. The highest BCUT2D eigenvalue weighted by atomic mass is 32.2. The lowest BCUT2D eigenvalue weighted by atomic mass is 10.0. The number of aryl methyl sites for hydroxylation is 1. The fraction of sp³-hybridized carbons (Fsp3) is 0.321. The van der Waals surface area contributed by atoms with Crippen LogP contribution in [-0.2, 0) is 15.7 Å². The molecule has 184 valence electrons. The highest BCUT2D eigenvalue weighted by molar-refractivity contribution is 7.86. The van der Waals surface area contributed by atoms with Gasteiger partial charge in [-0.2, -0.15) is 0 Å². The van der Waals surface area contributed by atoms with Gasteiger partial charge in [0, 0.05) is 24.3 Å². The Morgan fingerprint density at radius 2 is 1.79 bits per heavy atom. The third kappa shape index (κ3) is 11.3. The minimum Gasteiger partial charge on any atom is -0.477 e. The molecule has 0 saturated carbocycles. The number of hydrogen-bond donors (Lipinski definition) is 2. The van der Waals surface area contributed by atoms with Crippen molar-refractivity contribution < 1.29 is 14.1 Å². The van der Waals surface area contributed by atoms with Crippen LogP contribution >= 0.6 is 0 Å². The van der Waals surface area contributed by atoms with Crippen molar-refractivity contribution in [3.63, 3.8) is 0 Å². The summed E-state index contributed by atoms with van der Waals surface area (Å²) in [6.07, 6.45) is 4.99. The molecular formula is C28H38N2O3S. The van der Waals surface area contributed by atoms with Crippen LogP contribution in [-0.4, -0.2) is 35.0 Å². The molecule has 0 aliphatic heterocycles. The maximum absolute atomic E-state index is 12.7. The van der Waals surface area contributed by atoms with Crippen molar-refractivity contribution in [2.45, 2.75) is 40.5 Å². The number of aliphatic hydroxyl groups excluding tert-OH is 1. The van der Waals surface area contributed by atoms with Crippen LogP contribution in [0.25, 0.3) is 11.6 Å². The quantitative estimate of drug-likeness (QED) is 0.177. The fourth-order valence-electron chi connectivity index (χ4n) is 2.88. The lowest BCUT2D eigenvalue weighted by Crippen LogP contribution is -2.19. The van der Waals surface area contributed by atoms with E-state index in [9.17, 15) is 4.21 Å². The summed E-state index contributed by atoms with van der Waals surface area (Å²) in [5.74, 6) is 0.512. The van der Waals surface area contributed by atoms with Gasteiger partial charge in [0.2, 0.25) is 5.90 Å². The van der Waals surface area contributed by atoms with Crippen LogP contribution in [0.15, 0.2) is 83.3 Å². The van der Waals surface area contributed by atoms with Crippen LogP contribution in [0.5, 0.6) is 0 Å². The van der Waals surface area contributed by atoms with E-state index in [1.165, 1.54) is 0 Å². The molecule has 2 aromatic carbocycles. The minimum absolute atomic E-state index is 0.136. The topological polar surface area (TPSA) is 70.9 Å². The molecule has 1 atom stereocenters. The zero-order valence-corrected chi connectivity index (χ0v) is 21.6. The number of aliphatic imine (C=N–C) groups is 1. The first-order valence-electron chi connectivity index (χ1n) is 11.5. The van der Waals surface area contributed by atoms with E-state index in [0.29, 0.717) is 31.2 Å². The number of benzene rings is 2. The van der Waals surface area contributed by atoms with Crippen LogP contribution in [0, 0.1) is 6.92 Å². The van der Waals surface area contributed by atoms with E-state index in [-0.39, 0.29) is 6.61 Å². The average Bonchev–Trinajstić information content (AvgIpc) is 2.83. The maximum Gasteiger partial charge on any atom is 0.218 e. The van der Waals surface area contributed by atoms with Crippen molar-refractivity contribution in [3.8, 4) is 0 Å². The molecule has 6 heteroatoms. The van der Waals surface area contributed by atoms with Gasteiger partial charge in [-0.15, -0.1) is 6.58 Å². The number of nitrogens with zero attached hydrogens (tertiary/aromatic N) is 1. The van der Waals surface area contributed by atoms with Gasteiger partial charge >= 0.3 is 0 Å². The Kier molecular flexibility index (Phi) is 15.0. The maximum atomic E-state index is 12.7. The lowest BCUT2D eigenvalue weighted by Gasteiger charge is -2.17. The van der Waals surface area contributed by atoms with Gasteiger partial charge in [-0.1, -0.05) is 66.2 Å². The number of nitrogens with one attached hydrogen (secondary N) is 1. The van der Waals surface area contributed by atoms with Gasteiger partial charge in [0.1, 0.15) is 11.0 Å². The third-order valence-corrected chi connectivity index (χ3v) is 5.35. The predicted molar refractivity (Wildman–Crippen MR) is 147 cm³/mol. The van der Waals surface area contributed by atoms with Crippen LogP contribution < -0.4 is 4.72 Å². The van der Waals surface area contributed by atoms with Crippen molar-refractivity contribution in [1.29, 1.82) is 0 Å². The van der Waals surface area contributed by atoms with E-state index < -0.39 is 11.0 Å². The summed E-state index contributed by atoms with van der Waals surface area (Å²) in [6, 6.07) is 17.8. The van der Waals surface area contributed by atoms with Gasteiger partial charge in [-0.05, 0) is 57.7 Å². The van der Waals surface area contributed by atoms with Gasteiger partial charge < -0.3 is 14.6 Å². The Morgan fingerprint density at radius 1 is 1.15 bits per heavy atom. The lowest BCUT2D eigenvalue weighted by molar-refractivity contribution is 0.249. The molecule has 0 spiro atoms. The Hall–Kier alpha value is -2.96. The molecule has 2 aromatic rings. The van der Waals surface area contributed by atoms with Crippen molar-refractivity contribution in [1.82, 2.24) is 4.72 Å². The molecule has 0 aliphatic rings. The van der Waals surface area contributed by atoms with Gasteiger partial charge in [-0.25, -0.2) is 4.21 Å². The predicted octanol–water partition coefficient (Wildman–Crippen LogP) is 6.05. The van der Waals surface area contributed by atoms with Gasteiger partial charge in [-0.3, -0.25) is 4.99 Å². The second kappa shape index (κ2) is 17.5. The first-order valence-corrected chi connectivity index (χ1v) is 12.7. The van der Waals surface area contributed by atoms with E-state index in [2.05, 4.69) is 16.3 Å². The molecule has 0 aliphatic carbocycles. The largest absolute Gasteiger partial charge is 0.477 e. The van der Waals surface area contributed by atoms with Crippen molar-refractivity contribution >= 4 is 28.5 Å². The SMILES string of the molecule is C=CC.CCN=C(OCCCCO)/C(=C(\C)NS(=O)/C=C/c1ccccc1)c1ccc(C)cc1. The normalized spacial score (nSPS) is 12.9. The number of unbranched alkanes of at least 4 members (excludes halogenated alkanes) is 1. The van der Waals surface area contributed by atoms with Crippen molar-refractivity contribution in [2.75, 3.05) is 19.8 Å². The molecule has 34 heavy (non-hydrogen) atoms. The zero-order valence-electron chi connectivity index (χ0n) is 20.8. The molecule has 0 saturated heterocycles. The van der Waals surface area contributed by atoms with E-state index in [1.54, 1.807) is 11.5 Å². The van der Waals surface area contributed by atoms with Gasteiger partial charge in [0.15, 0.2) is 0 Å². The number of aliphatic hydroxyl groups is 1. The molecule has 5 nitrogen and oxygen atoms in total. The summed E-state index contributed by atoms with van der Waals surface area (Å²) >= 11 is 0. The summed E-state index contributed by atoms with van der Waals surface area (Å²) < 4.78 is 21.7. The van der Waals surface area contributed by atoms with E-state index in [4.69, 9.17) is 9.84 Å². The third-order valence-electron chi connectivity index (χ3n) is 4.46. The minimum atomic E-state index is -1.41. The molecule has 1 unspecified atom stereocenters. The molecule has 2 N–H and O–H groups in total. The van der Waals surface area contributed by atoms with E-state index >= 15 is 0 Å². The second-order valence-corrected chi connectivity index (χ2v) is 8.52. The first kappa shape index (κ1) is 29.1. The molecule has 0 heterocycles. The molecule has 2 rings (SSSR count). The Bertz CT molecular complexity index is 965. The highest BCUT2D eigenvalue weighted by Gasteiger charge is 2.16. The van der Waals surface area contributed by atoms with Crippen molar-refractivity contribution in [3.05, 3.63) is 95.0 Å². The summed E-state index contributed by atoms with van der Waals surface area (Å²) in [5.41, 5.74) is 4.58. The molecule has 0 aromatic heterocycles. The molecular weight excluding hydrogens is 444 g/mol. The molecule has 0 bridgehead atoms. The summed E-state index contributed by atoms with van der Waals surface area (Å²) in [6.45, 7) is 12.3. The highest BCUT2D eigenvalue weighted by Crippen LogP contribution is 2.22. The molecule has 0 radical (unpaired) electrons. The Labute approximate surface area is 207 Å². The monoisotopic (exact) mass is 482 g/mol. The van der Waals surface area contributed by atoms with Gasteiger partial charge in [0.25, 0.3) is 0 Å².